The molecule has 1 aliphatic rings. The Bertz CT molecular complexity index is 647. The van der Waals surface area contributed by atoms with Crippen LogP contribution in [0.2, 0.25) is 0 Å². The van der Waals surface area contributed by atoms with Crippen molar-refractivity contribution >= 4 is 5.95 Å². The molecule has 1 N–H and O–H groups in total. The number of hydrogen-bond acceptors (Lipinski definition) is 6. The first-order valence-corrected chi connectivity index (χ1v) is 8.23. The molecule has 126 valence electrons. The van der Waals surface area contributed by atoms with Gasteiger partial charge in [-0.25, -0.2) is 4.98 Å². The molecule has 2 atom stereocenters. The van der Waals surface area contributed by atoms with Crippen molar-refractivity contribution in [1.82, 2.24) is 25.1 Å². The minimum absolute atomic E-state index is 0.557. The van der Waals surface area contributed by atoms with Gasteiger partial charge in [-0.1, -0.05) is 0 Å². The second-order valence-corrected chi connectivity index (χ2v) is 6.68. The van der Waals surface area contributed by atoms with Crippen LogP contribution in [0.1, 0.15) is 36.7 Å². The molecule has 0 unspecified atom stereocenters. The largest absolute Gasteiger partial charge is 0.426 e. The molecule has 2 aromatic rings. The van der Waals surface area contributed by atoms with Gasteiger partial charge in [0, 0.05) is 47.1 Å². The zero-order chi connectivity index (χ0) is 16.4. The molecular formula is C16H26N6O. The molecule has 0 aromatic carbocycles. The number of nitrogens with zero attached hydrogens (tertiary/aromatic N) is 5. The summed E-state index contributed by atoms with van der Waals surface area (Å²) >= 11 is 0. The highest BCUT2D eigenvalue weighted by atomic mass is 16.4. The van der Waals surface area contributed by atoms with Crippen LogP contribution in [-0.2, 0) is 20.0 Å². The van der Waals surface area contributed by atoms with Crippen LogP contribution in [0.3, 0.4) is 0 Å². The van der Waals surface area contributed by atoms with Crippen molar-refractivity contribution in [3.63, 3.8) is 0 Å². The Morgan fingerprint density at radius 3 is 2.83 bits per heavy atom. The van der Waals surface area contributed by atoms with Crippen molar-refractivity contribution in [2.75, 3.05) is 19.0 Å². The van der Waals surface area contributed by atoms with Crippen molar-refractivity contribution in [3.8, 4) is 0 Å². The fraction of sp³-hybridized carbons (Fsp3) is 0.688. The fourth-order valence-electron chi connectivity index (χ4n) is 3.38. The highest BCUT2D eigenvalue weighted by molar-refractivity contribution is 5.30. The Hall–Kier alpha value is -1.89. The quantitative estimate of drug-likeness (QED) is 0.874. The van der Waals surface area contributed by atoms with Crippen LogP contribution in [0.4, 0.5) is 5.95 Å². The highest BCUT2D eigenvalue weighted by Crippen LogP contribution is 2.28. The topological polar surface area (TPSA) is 72.0 Å². The summed E-state index contributed by atoms with van der Waals surface area (Å²) in [7, 11) is 6.09. The summed E-state index contributed by atoms with van der Waals surface area (Å²) in [6, 6.07) is 0.557. The van der Waals surface area contributed by atoms with Gasteiger partial charge in [-0.05, 0) is 25.2 Å². The Morgan fingerprint density at radius 2 is 2.17 bits per heavy atom. The molecule has 0 saturated heterocycles. The van der Waals surface area contributed by atoms with E-state index in [-0.39, 0.29) is 0 Å². The molecule has 23 heavy (non-hydrogen) atoms. The van der Waals surface area contributed by atoms with E-state index in [4.69, 9.17) is 4.42 Å². The van der Waals surface area contributed by atoms with Crippen molar-refractivity contribution < 1.29 is 4.42 Å². The standard InChI is InChI=1S/C16H26N6O/c1-11-19-20-15(23-11)8-12-5-6-13(7-12)17-9-14-10-18-16(21(2)3)22(14)4/h10,12-13,17H,5-9H2,1-4H3/t12-,13+/m1/s1. The predicted molar refractivity (Wildman–Crippen MR) is 88.2 cm³/mol. The van der Waals surface area contributed by atoms with Gasteiger partial charge in [0.15, 0.2) is 0 Å². The van der Waals surface area contributed by atoms with E-state index < -0.39 is 0 Å². The van der Waals surface area contributed by atoms with Crippen LogP contribution in [0.5, 0.6) is 0 Å². The molecule has 0 spiro atoms. The Kier molecular flexibility index (Phi) is 4.66. The van der Waals surface area contributed by atoms with Crippen LogP contribution in [0.15, 0.2) is 10.6 Å². The second-order valence-electron chi connectivity index (χ2n) is 6.68. The summed E-state index contributed by atoms with van der Waals surface area (Å²) in [5.74, 6) is 3.05. The lowest BCUT2D eigenvalue weighted by molar-refractivity contribution is 0.408. The van der Waals surface area contributed by atoms with Crippen molar-refractivity contribution in [2.24, 2.45) is 13.0 Å². The average molecular weight is 318 g/mol. The van der Waals surface area contributed by atoms with Crippen LogP contribution >= 0.6 is 0 Å². The lowest BCUT2D eigenvalue weighted by Crippen LogP contribution is -2.27. The maximum atomic E-state index is 5.49. The number of aryl methyl sites for hydroxylation is 1. The Labute approximate surface area is 137 Å². The zero-order valence-electron chi connectivity index (χ0n) is 14.4. The van der Waals surface area contributed by atoms with E-state index in [1.54, 1.807) is 0 Å². The first-order valence-electron chi connectivity index (χ1n) is 8.23. The number of aromatic nitrogens is 4. The van der Waals surface area contributed by atoms with Gasteiger partial charge >= 0.3 is 0 Å². The SMILES string of the molecule is Cc1nnc(C[C@@H]2CC[C@H](NCc3cnc(N(C)C)n3C)C2)o1. The fourth-order valence-corrected chi connectivity index (χ4v) is 3.38. The number of nitrogens with one attached hydrogen (secondary N) is 1. The maximum absolute atomic E-state index is 5.49. The zero-order valence-corrected chi connectivity index (χ0v) is 14.4. The summed E-state index contributed by atoms with van der Waals surface area (Å²) in [6.45, 7) is 2.69. The predicted octanol–water partition coefficient (Wildman–Crippen LogP) is 1.68. The van der Waals surface area contributed by atoms with Gasteiger partial charge in [-0.2, -0.15) is 0 Å². The van der Waals surface area contributed by atoms with Crippen molar-refractivity contribution in [3.05, 3.63) is 23.7 Å². The molecule has 0 amide bonds. The molecule has 3 rings (SSSR count). The molecular weight excluding hydrogens is 292 g/mol. The molecule has 1 aliphatic carbocycles. The smallest absolute Gasteiger partial charge is 0.216 e. The van der Waals surface area contributed by atoms with Gasteiger partial charge < -0.3 is 19.2 Å². The summed E-state index contributed by atoms with van der Waals surface area (Å²) in [4.78, 5) is 6.48. The van der Waals surface area contributed by atoms with Gasteiger partial charge in [0.05, 0.1) is 11.9 Å². The average Bonchev–Trinajstić information content (AvgIpc) is 3.19. The van der Waals surface area contributed by atoms with Gasteiger partial charge in [0.25, 0.3) is 0 Å². The number of hydrogen-bond donors (Lipinski definition) is 1. The molecule has 0 aliphatic heterocycles. The number of rotatable bonds is 6. The van der Waals surface area contributed by atoms with Gasteiger partial charge in [-0.3, -0.25) is 0 Å². The summed E-state index contributed by atoms with van der Waals surface area (Å²) < 4.78 is 7.63. The van der Waals surface area contributed by atoms with Crippen molar-refractivity contribution in [2.45, 2.75) is 45.2 Å². The van der Waals surface area contributed by atoms with E-state index in [1.165, 1.54) is 25.0 Å². The Morgan fingerprint density at radius 1 is 1.35 bits per heavy atom. The third-order valence-corrected chi connectivity index (χ3v) is 4.60. The molecule has 0 radical (unpaired) electrons. The molecule has 0 bridgehead atoms. The third-order valence-electron chi connectivity index (χ3n) is 4.60. The molecule has 2 aromatic heterocycles. The maximum Gasteiger partial charge on any atom is 0.216 e. The van der Waals surface area contributed by atoms with E-state index in [1.807, 2.05) is 32.1 Å². The molecule has 2 heterocycles. The van der Waals surface area contributed by atoms with E-state index in [2.05, 4.69) is 32.1 Å². The normalized spacial score (nSPS) is 21.0. The highest BCUT2D eigenvalue weighted by Gasteiger charge is 2.26. The molecule has 7 nitrogen and oxygen atoms in total. The Balaban J connectivity index is 1.48. The first-order chi connectivity index (χ1) is 11.0. The van der Waals surface area contributed by atoms with E-state index in [0.717, 1.165) is 24.8 Å². The van der Waals surface area contributed by atoms with Gasteiger partial charge in [0.1, 0.15) is 0 Å². The third kappa shape index (κ3) is 3.72. The summed E-state index contributed by atoms with van der Waals surface area (Å²) in [5, 5.41) is 11.7. The van der Waals surface area contributed by atoms with Crippen LogP contribution in [0, 0.1) is 12.8 Å². The van der Waals surface area contributed by atoms with E-state index in [0.29, 0.717) is 17.9 Å². The van der Waals surface area contributed by atoms with Gasteiger partial charge in [0.2, 0.25) is 17.7 Å². The minimum atomic E-state index is 0.557. The van der Waals surface area contributed by atoms with Crippen molar-refractivity contribution in [1.29, 1.82) is 0 Å². The minimum Gasteiger partial charge on any atom is -0.426 e. The molecule has 1 fully saturated rings. The van der Waals surface area contributed by atoms with E-state index >= 15 is 0 Å². The van der Waals surface area contributed by atoms with Crippen LogP contribution in [-0.4, -0.2) is 39.9 Å². The van der Waals surface area contributed by atoms with Crippen LogP contribution < -0.4 is 10.2 Å². The number of anilines is 1. The molecule has 7 heteroatoms. The second kappa shape index (κ2) is 6.70. The first kappa shape index (κ1) is 16.0. The molecule has 1 saturated carbocycles. The lowest BCUT2D eigenvalue weighted by atomic mass is 10.0. The lowest BCUT2D eigenvalue weighted by Gasteiger charge is -2.15. The van der Waals surface area contributed by atoms with E-state index in [9.17, 15) is 0 Å². The number of imidazole rings is 1. The van der Waals surface area contributed by atoms with Crippen LogP contribution in [0.25, 0.3) is 0 Å². The van der Waals surface area contributed by atoms with Gasteiger partial charge in [-0.15, -0.1) is 10.2 Å². The monoisotopic (exact) mass is 318 g/mol. The summed E-state index contributed by atoms with van der Waals surface area (Å²) in [6.07, 6.45) is 6.44. The summed E-state index contributed by atoms with van der Waals surface area (Å²) in [5.41, 5.74) is 1.21.